The Morgan fingerprint density at radius 3 is 2.44 bits per heavy atom. The highest BCUT2D eigenvalue weighted by Gasteiger charge is 2.05. The minimum absolute atomic E-state index is 0.377. The van der Waals surface area contributed by atoms with Gasteiger partial charge in [-0.2, -0.15) is 0 Å². The van der Waals surface area contributed by atoms with Gasteiger partial charge >= 0.3 is 0 Å². The van der Waals surface area contributed by atoms with Crippen LogP contribution in [0.5, 0.6) is 0 Å². The molecular formula is C13H23ClN4. The molecule has 1 aromatic rings. The smallest absolute Gasteiger partial charge is 0.222 e. The van der Waals surface area contributed by atoms with Gasteiger partial charge in [0, 0.05) is 6.04 Å². The van der Waals surface area contributed by atoms with Crippen molar-refractivity contribution in [3.63, 3.8) is 0 Å². The van der Waals surface area contributed by atoms with E-state index in [0.29, 0.717) is 17.0 Å². The fourth-order valence-corrected chi connectivity index (χ4v) is 1.94. The Kier molecular flexibility index (Phi) is 6.98. The number of rotatable bonds is 8. The normalized spacial score (nSPS) is 12.7. The summed E-state index contributed by atoms with van der Waals surface area (Å²) in [5.41, 5.74) is 0. The molecule has 0 aliphatic rings. The van der Waals surface area contributed by atoms with Crippen LogP contribution in [0.4, 0.5) is 5.95 Å². The van der Waals surface area contributed by atoms with Crippen molar-refractivity contribution in [2.75, 3.05) is 25.0 Å². The number of hydrogen-bond donors (Lipinski definition) is 1. The van der Waals surface area contributed by atoms with E-state index in [1.807, 2.05) is 0 Å². The molecule has 0 spiro atoms. The Balaban J connectivity index is 2.25. The largest absolute Gasteiger partial charge is 0.352 e. The molecule has 0 bridgehead atoms. The Hall–Kier alpha value is -0.870. The van der Waals surface area contributed by atoms with Crippen molar-refractivity contribution >= 4 is 17.5 Å². The van der Waals surface area contributed by atoms with Crippen LogP contribution in [-0.2, 0) is 0 Å². The van der Waals surface area contributed by atoms with Crippen molar-refractivity contribution in [2.45, 2.75) is 39.7 Å². The standard InChI is InChI=1S/C13H23ClN4/c1-4-18(5-2)8-6-7-11(3)17-13-15-9-12(14)10-16-13/h9-11H,4-8H2,1-3H3,(H,15,16,17). The van der Waals surface area contributed by atoms with Crippen molar-refractivity contribution in [3.05, 3.63) is 17.4 Å². The van der Waals surface area contributed by atoms with Crippen molar-refractivity contribution in [2.24, 2.45) is 0 Å². The highest BCUT2D eigenvalue weighted by atomic mass is 35.5. The van der Waals surface area contributed by atoms with E-state index in [9.17, 15) is 0 Å². The van der Waals surface area contributed by atoms with Crippen molar-refractivity contribution < 1.29 is 0 Å². The van der Waals surface area contributed by atoms with E-state index in [4.69, 9.17) is 11.6 Å². The van der Waals surface area contributed by atoms with E-state index in [0.717, 1.165) is 26.1 Å². The zero-order valence-corrected chi connectivity index (χ0v) is 12.2. The molecule has 0 saturated carbocycles. The number of nitrogens with one attached hydrogen (secondary N) is 1. The highest BCUT2D eigenvalue weighted by Crippen LogP contribution is 2.08. The van der Waals surface area contributed by atoms with Crippen molar-refractivity contribution in [3.8, 4) is 0 Å². The van der Waals surface area contributed by atoms with Crippen LogP contribution in [0.15, 0.2) is 12.4 Å². The molecule has 18 heavy (non-hydrogen) atoms. The van der Waals surface area contributed by atoms with Gasteiger partial charge in [0.1, 0.15) is 0 Å². The van der Waals surface area contributed by atoms with Crippen LogP contribution >= 0.6 is 11.6 Å². The van der Waals surface area contributed by atoms with E-state index in [2.05, 4.69) is 41.0 Å². The molecule has 0 radical (unpaired) electrons. The van der Waals surface area contributed by atoms with E-state index >= 15 is 0 Å². The molecular weight excluding hydrogens is 248 g/mol. The molecule has 0 saturated heterocycles. The number of nitrogens with zero attached hydrogens (tertiary/aromatic N) is 3. The van der Waals surface area contributed by atoms with Crippen LogP contribution in [0.1, 0.15) is 33.6 Å². The predicted molar refractivity (Wildman–Crippen MR) is 77.1 cm³/mol. The fourth-order valence-electron chi connectivity index (χ4n) is 1.84. The van der Waals surface area contributed by atoms with Crippen LogP contribution in [0.25, 0.3) is 0 Å². The van der Waals surface area contributed by atoms with Gasteiger partial charge in [-0.25, -0.2) is 9.97 Å². The first-order valence-corrected chi connectivity index (χ1v) is 7.00. The van der Waals surface area contributed by atoms with E-state index in [-0.39, 0.29) is 0 Å². The van der Waals surface area contributed by atoms with Gasteiger partial charge < -0.3 is 10.2 Å². The lowest BCUT2D eigenvalue weighted by Crippen LogP contribution is -2.25. The zero-order chi connectivity index (χ0) is 13.4. The van der Waals surface area contributed by atoms with E-state index in [1.165, 1.54) is 6.42 Å². The summed E-state index contributed by atoms with van der Waals surface area (Å²) in [6.45, 7) is 9.96. The van der Waals surface area contributed by atoms with Gasteiger partial charge in [-0.3, -0.25) is 0 Å². The Labute approximate surface area is 115 Å². The SMILES string of the molecule is CCN(CC)CCCC(C)Nc1ncc(Cl)cn1. The summed E-state index contributed by atoms with van der Waals surface area (Å²) in [7, 11) is 0. The fraction of sp³-hybridized carbons (Fsp3) is 0.692. The molecule has 102 valence electrons. The number of halogens is 1. The highest BCUT2D eigenvalue weighted by molar-refractivity contribution is 6.30. The maximum absolute atomic E-state index is 5.74. The molecule has 0 aliphatic heterocycles. The van der Waals surface area contributed by atoms with Gasteiger partial charge in [-0.15, -0.1) is 0 Å². The lowest BCUT2D eigenvalue weighted by molar-refractivity contribution is 0.295. The molecule has 0 aromatic carbocycles. The van der Waals surface area contributed by atoms with Gasteiger partial charge in [0.2, 0.25) is 5.95 Å². The third-order valence-corrected chi connectivity index (χ3v) is 3.20. The third kappa shape index (κ3) is 5.65. The Bertz CT molecular complexity index is 324. The topological polar surface area (TPSA) is 41.0 Å². The molecule has 1 rings (SSSR count). The second-order valence-electron chi connectivity index (χ2n) is 4.44. The van der Waals surface area contributed by atoms with Crippen LogP contribution in [-0.4, -0.2) is 40.5 Å². The van der Waals surface area contributed by atoms with Gasteiger partial charge in [-0.05, 0) is 39.4 Å². The molecule has 1 unspecified atom stereocenters. The zero-order valence-electron chi connectivity index (χ0n) is 11.5. The average molecular weight is 271 g/mol. The summed E-state index contributed by atoms with van der Waals surface area (Å²) in [4.78, 5) is 10.7. The summed E-state index contributed by atoms with van der Waals surface area (Å²) < 4.78 is 0. The molecule has 5 heteroatoms. The quantitative estimate of drug-likeness (QED) is 0.788. The monoisotopic (exact) mass is 270 g/mol. The molecule has 0 amide bonds. The lowest BCUT2D eigenvalue weighted by atomic mass is 10.2. The van der Waals surface area contributed by atoms with E-state index < -0.39 is 0 Å². The summed E-state index contributed by atoms with van der Waals surface area (Å²) >= 11 is 5.74. The van der Waals surface area contributed by atoms with Crippen LogP contribution < -0.4 is 5.32 Å². The molecule has 1 heterocycles. The number of hydrogen-bond acceptors (Lipinski definition) is 4. The molecule has 1 N–H and O–H groups in total. The Morgan fingerprint density at radius 1 is 1.28 bits per heavy atom. The molecule has 1 atom stereocenters. The first-order chi connectivity index (χ1) is 8.65. The van der Waals surface area contributed by atoms with Gasteiger partial charge in [0.15, 0.2) is 0 Å². The van der Waals surface area contributed by atoms with E-state index in [1.54, 1.807) is 12.4 Å². The maximum atomic E-state index is 5.74. The van der Waals surface area contributed by atoms with Gasteiger partial charge in [-0.1, -0.05) is 25.4 Å². The summed E-state index contributed by atoms with van der Waals surface area (Å²) in [5.74, 6) is 0.648. The minimum atomic E-state index is 0.377. The molecule has 1 aromatic heterocycles. The van der Waals surface area contributed by atoms with Crippen LogP contribution in [0.2, 0.25) is 5.02 Å². The van der Waals surface area contributed by atoms with Crippen LogP contribution in [0, 0.1) is 0 Å². The minimum Gasteiger partial charge on any atom is -0.352 e. The third-order valence-electron chi connectivity index (χ3n) is 3.00. The van der Waals surface area contributed by atoms with Crippen molar-refractivity contribution in [1.29, 1.82) is 0 Å². The second-order valence-corrected chi connectivity index (χ2v) is 4.88. The second kappa shape index (κ2) is 8.27. The summed E-state index contributed by atoms with van der Waals surface area (Å²) in [6, 6.07) is 0.377. The first-order valence-electron chi connectivity index (χ1n) is 6.62. The van der Waals surface area contributed by atoms with Gasteiger partial charge in [0.05, 0.1) is 17.4 Å². The first kappa shape index (κ1) is 15.2. The lowest BCUT2D eigenvalue weighted by Gasteiger charge is -2.19. The molecule has 0 aliphatic carbocycles. The molecule has 0 fully saturated rings. The number of aromatic nitrogens is 2. The van der Waals surface area contributed by atoms with Crippen molar-refractivity contribution in [1.82, 2.24) is 14.9 Å². The summed E-state index contributed by atoms with van der Waals surface area (Å²) in [6.07, 6.45) is 5.52. The molecule has 4 nitrogen and oxygen atoms in total. The summed E-state index contributed by atoms with van der Waals surface area (Å²) in [5, 5.41) is 3.84. The predicted octanol–water partition coefficient (Wildman–Crippen LogP) is 3.05. The van der Waals surface area contributed by atoms with Gasteiger partial charge in [0.25, 0.3) is 0 Å². The maximum Gasteiger partial charge on any atom is 0.222 e. The Morgan fingerprint density at radius 2 is 1.89 bits per heavy atom. The average Bonchev–Trinajstić information content (AvgIpc) is 2.37. The number of anilines is 1. The van der Waals surface area contributed by atoms with Crippen LogP contribution in [0.3, 0.4) is 0 Å².